The van der Waals surface area contributed by atoms with Crippen molar-refractivity contribution in [1.29, 1.82) is 0 Å². The molecule has 0 N–H and O–H groups in total. The van der Waals surface area contributed by atoms with Gasteiger partial charge in [-0.3, -0.25) is 9.69 Å². The van der Waals surface area contributed by atoms with Gasteiger partial charge >= 0.3 is 0 Å². The molecule has 106 valence electrons. The Hall–Kier alpha value is -0.410. The van der Waals surface area contributed by atoms with Crippen LogP contribution in [0.1, 0.15) is 46.0 Å². The third kappa shape index (κ3) is 5.07. The Morgan fingerprint density at radius 3 is 2.33 bits per heavy atom. The predicted octanol–water partition coefficient (Wildman–Crippen LogP) is 2.41. The molecule has 1 aliphatic rings. The SMILES string of the molecule is CCN(CC(=O)C1CCCCC1)C(C)CN(C)C. The van der Waals surface area contributed by atoms with E-state index in [4.69, 9.17) is 0 Å². The fraction of sp³-hybridized carbons (Fsp3) is 0.933. The minimum Gasteiger partial charge on any atom is -0.308 e. The number of carbonyl (C=O) groups is 1. The Morgan fingerprint density at radius 2 is 1.83 bits per heavy atom. The highest BCUT2D eigenvalue weighted by Gasteiger charge is 2.24. The molecule has 1 saturated carbocycles. The van der Waals surface area contributed by atoms with Crippen LogP contribution in [0.4, 0.5) is 0 Å². The van der Waals surface area contributed by atoms with E-state index in [1.807, 2.05) is 0 Å². The van der Waals surface area contributed by atoms with Crippen molar-refractivity contribution in [2.75, 3.05) is 33.7 Å². The molecule has 1 aliphatic carbocycles. The minimum atomic E-state index is 0.347. The van der Waals surface area contributed by atoms with Gasteiger partial charge in [0.05, 0.1) is 6.54 Å². The first kappa shape index (κ1) is 15.6. The van der Waals surface area contributed by atoms with E-state index < -0.39 is 0 Å². The van der Waals surface area contributed by atoms with Crippen molar-refractivity contribution in [2.24, 2.45) is 5.92 Å². The van der Waals surface area contributed by atoms with E-state index >= 15 is 0 Å². The maximum absolute atomic E-state index is 12.3. The second-order valence-electron chi connectivity index (χ2n) is 5.98. The van der Waals surface area contributed by atoms with Gasteiger partial charge in [0.1, 0.15) is 5.78 Å². The van der Waals surface area contributed by atoms with Gasteiger partial charge in [-0.1, -0.05) is 26.2 Å². The van der Waals surface area contributed by atoms with Crippen molar-refractivity contribution in [1.82, 2.24) is 9.80 Å². The molecular weight excluding hydrogens is 224 g/mol. The maximum Gasteiger partial charge on any atom is 0.149 e. The van der Waals surface area contributed by atoms with Crippen LogP contribution in [-0.4, -0.2) is 55.4 Å². The summed E-state index contributed by atoms with van der Waals surface area (Å²) in [6, 6.07) is 0.456. The quantitative estimate of drug-likeness (QED) is 0.697. The summed E-state index contributed by atoms with van der Waals surface area (Å²) < 4.78 is 0. The summed E-state index contributed by atoms with van der Waals surface area (Å²) in [6.07, 6.45) is 6.06. The van der Waals surface area contributed by atoms with Crippen molar-refractivity contribution < 1.29 is 4.79 Å². The molecule has 0 aromatic carbocycles. The molecule has 0 saturated heterocycles. The van der Waals surface area contributed by atoms with Crippen molar-refractivity contribution >= 4 is 5.78 Å². The van der Waals surface area contributed by atoms with E-state index in [9.17, 15) is 4.79 Å². The number of rotatable bonds is 7. The molecule has 0 amide bonds. The molecule has 0 bridgehead atoms. The van der Waals surface area contributed by atoms with Crippen LogP contribution in [0.5, 0.6) is 0 Å². The summed E-state index contributed by atoms with van der Waals surface area (Å²) in [6.45, 7) is 7.01. The predicted molar refractivity (Wildman–Crippen MR) is 76.8 cm³/mol. The van der Waals surface area contributed by atoms with E-state index in [2.05, 4.69) is 37.7 Å². The van der Waals surface area contributed by atoms with Gasteiger partial charge in [-0.05, 0) is 40.4 Å². The fourth-order valence-electron chi connectivity index (χ4n) is 2.98. The zero-order valence-electron chi connectivity index (χ0n) is 12.6. The summed E-state index contributed by atoms with van der Waals surface area (Å²) >= 11 is 0. The number of hydrogen-bond donors (Lipinski definition) is 0. The second-order valence-corrected chi connectivity index (χ2v) is 5.98. The van der Waals surface area contributed by atoms with Crippen molar-refractivity contribution in [2.45, 2.75) is 52.0 Å². The van der Waals surface area contributed by atoms with Gasteiger partial charge in [0.25, 0.3) is 0 Å². The monoisotopic (exact) mass is 254 g/mol. The molecular formula is C15H30N2O. The number of nitrogens with zero attached hydrogens (tertiary/aromatic N) is 2. The highest BCUT2D eigenvalue weighted by atomic mass is 16.1. The molecule has 0 heterocycles. The molecule has 18 heavy (non-hydrogen) atoms. The number of likely N-dealkylation sites (N-methyl/N-ethyl adjacent to an activating group) is 2. The molecule has 0 aromatic rings. The molecule has 0 spiro atoms. The van der Waals surface area contributed by atoms with Gasteiger partial charge in [0.15, 0.2) is 0 Å². The van der Waals surface area contributed by atoms with Crippen LogP contribution in [0.3, 0.4) is 0 Å². The van der Waals surface area contributed by atoms with Gasteiger partial charge in [-0.25, -0.2) is 0 Å². The van der Waals surface area contributed by atoms with Crippen LogP contribution in [0.25, 0.3) is 0 Å². The first-order valence-electron chi connectivity index (χ1n) is 7.46. The topological polar surface area (TPSA) is 23.6 Å². The lowest BCUT2D eigenvalue weighted by atomic mass is 9.86. The zero-order chi connectivity index (χ0) is 13.5. The third-order valence-corrected chi connectivity index (χ3v) is 4.08. The molecule has 0 aliphatic heterocycles. The molecule has 1 fully saturated rings. The standard InChI is InChI=1S/C15H30N2O/c1-5-17(13(2)11-16(3)4)12-15(18)14-9-7-6-8-10-14/h13-14H,5-12H2,1-4H3. The van der Waals surface area contributed by atoms with E-state index in [-0.39, 0.29) is 0 Å². The molecule has 1 atom stereocenters. The average molecular weight is 254 g/mol. The lowest BCUT2D eigenvalue weighted by molar-refractivity contribution is -0.125. The molecule has 0 aromatic heterocycles. The van der Waals surface area contributed by atoms with E-state index in [1.165, 1.54) is 19.3 Å². The van der Waals surface area contributed by atoms with Crippen molar-refractivity contribution in [3.05, 3.63) is 0 Å². The average Bonchev–Trinajstić information content (AvgIpc) is 2.35. The number of Topliss-reactive ketones (excluding diaryl/α,β-unsaturated/α-hetero) is 1. The van der Waals surface area contributed by atoms with Crippen LogP contribution >= 0.6 is 0 Å². The normalized spacial score (nSPS) is 19.4. The van der Waals surface area contributed by atoms with Gasteiger partial charge in [-0.15, -0.1) is 0 Å². The summed E-state index contributed by atoms with van der Waals surface area (Å²) in [4.78, 5) is 16.8. The van der Waals surface area contributed by atoms with Crippen LogP contribution in [0, 0.1) is 5.92 Å². The number of ketones is 1. The molecule has 3 heteroatoms. The number of hydrogen-bond acceptors (Lipinski definition) is 3. The second kappa shape index (κ2) is 7.90. The molecule has 1 unspecified atom stereocenters. The van der Waals surface area contributed by atoms with E-state index in [1.54, 1.807) is 0 Å². The first-order valence-corrected chi connectivity index (χ1v) is 7.46. The Labute approximate surface area is 113 Å². The van der Waals surface area contributed by atoms with Gasteiger partial charge in [-0.2, -0.15) is 0 Å². The maximum atomic E-state index is 12.3. The van der Waals surface area contributed by atoms with E-state index in [0.717, 1.165) is 25.9 Å². The lowest BCUT2D eigenvalue weighted by Gasteiger charge is -2.31. The Balaban J connectivity index is 2.43. The van der Waals surface area contributed by atoms with Crippen molar-refractivity contribution in [3.63, 3.8) is 0 Å². The highest BCUT2D eigenvalue weighted by molar-refractivity contribution is 5.83. The first-order chi connectivity index (χ1) is 8.54. The summed E-state index contributed by atoms with van der Waals surface area (Å²) in [5.41, 5.74) is 0. The highest BCUT2D eigenvalue weighted by Crippen LogP contribution is 2.24. The Morgan fingerprint density at radius 1 is 1.22 bits per heavy atom. The lowest BCUT2D eigenvalue weighted by Crippen LogP contribution is -2.44. The fourth-order valence-corrected chi connectivity index (χ4v) is 2.98. The van der Waals surface area contributed by atoms with E-state index in [0.29, 0.717) is 24.3 Å². The van der Waals surface area contributed by atoms with Crippen LogP contribution in [0.2, 0.25) is 0 Å². The Bertz CT molecular complexity index is 247. The Kier molecular flexibility index (Phi) is 6.87. The molecule has 0 radical (unpaired) electrons. The zero-order valence-corrected chi connectivity index (χ0v) is 12.6. The third-order valence-electron chi connectivity index (χ3n) is 4.08. The minimum absolute atomic E-state index is 0.347. The van der Waals surface area contributed by atoms with Gasteiger partial charge in [0, 0.05) is 18.5 Å². The largest absolute Gasteiger partial charge is 0.308 e. The van der Waals surface area contributed by atoms with Gasteiger partial charge < -0.3 is 4.90 Å². The summed E-state index contributed by atoms with van der Waals surface area (Å²) in [5.74, 6) is 0.821. The van der Waals surface area contributed by atoms with Gasteiger partial charge in [0.2, 0.25) is 0 Å². The van der Waals surface area contributed by atoms with Crippen LogP contribution in [-0.2, 0) is 4.79 Å². The number of carbonyl (C=O) groups excluding carboxylic acids is 1. The summed E-state index contributed by atoms with van der Waals surface area (Å²) in [7, 11) is 4.18. The molecule has 1 rings (SSSR count). The summed E-state index contributed by atoms with van der Waals surface area (Å²) in [5, 5.41) is 0. The van der Waals surface area contributed by atoms with Crippen LogP contribution < -0.4 is 0 Å². The smallest absolute Gasteiger partial charge is 0.149 e. The van der Waals surface area contributed by atoms with Crippen molar-refractivity contribution in [3.8, 4) is 0 Å². The van der Waals surface area contributed by atoms with Crippen LogP contribution in [0.15, 0.2) is 0 Å². The molecule has 3 nitrogen and oxygen atoms in total.